The molecule has 8 nitrogen and oxygen atoms in total. The molecule has 26 heavy (non-hydrogen) atoms. The Morgan fingerprint density at radius 3 is 2.62 bits per heavy atom. The molecule has 1 aliphatic heterocycles. The van der Waals surface area contributed by atoms with Crippen LogP contribution in [0.3, 0.4) is 0 Å². The molecular formula is C18H26N6O2. The minimum atomic E-state index is -0.839. The number of aromatic amines is 1. The van der Waals surface area contributed by atoms with E-state index in [9.17, 15) is 9.90 Å². The Hall–Kier alpha value is -2.35. The van der Waals surface area contributed by atoms with Gasteiger partial charge in [0.2, 0.25) is 0 Å². The van der Waals surface area contributed by atoms with Gasteiger partial charge in [-0.15, -0.1) is 10.2 Å². The van der Waals surface area contributed by atoms with Crippen molar-refractivity contribution in [3.8, 4) is 0 Å². The molecule has 0 aliphatic carbocycles. The van der Waals surface area contributed by atoms with Crippen LogP contribution >= 0.6 is 0 Å². The lowest BCUT2D eigenvalue weighted by Gasteiger charge is -2.25. The average molecular weight is 358 g/mol. The van der Waals surface area contributed by atoms with E-state index in [2.05, 4.69) is 43.1 Å². The minimum absolute atomic E-state index is 0.0435. The van der Waals surface area contributed by atoms with Crippen molar-refractivity contribution in [1.82, 2.24) is 30.9 Å². The number of nitrogens with one attached hydrogen (secondary N) is 2. The Morgan fingerprint density at radius 2 is 2.08 bits per heavy atom. The Balaban J connectivity index is 1.79. The van der Waals surface area contributed by atoms with Crippen LogP contribution in [0.1, 0.15) is 55.6 Å². The molecule has 1 saturated heterocycles. The van der Waals surface area contributed by atoms with Gasteiger partial charge in [-0.2, -0.15) is 5.21 Å². The van der Waals surface area contributed by atoms with Crippen molar-refractivity contribution >= 4 is 5.97 Å². The number of tetrazole rings is 1. The number of aromatic nitrogens is 5. The number of nitrogens with zero attached hydrogens (tertiary/aromatic N) is 4. The highest BCUT2D eigenvalue weighted by molar-refractivity contribution is 5.71. The molecule has 3 N–H and O–H groups in total. The topological polar surface area (TPSA) is 117 Å². The van der Waals surface area contributed by atoms with Gasteiger partial charge >= 0.3 is 5.97 Å². The van der Waals surface area contributed by atoms with Crippen molar-refractivity contribution < 1.29 is 9.90 Å². The standard InChI is InChI=1S/C18H26N6O2/c1-11(2)16(18(25)26)14(17-21-23-24-22-17)9-12-3-4-15(20-10-12)13-5-7-19-8-6-13/h3-4,10-11,13-14,16,19H,5-9H2,1-2H3,(H,25,26)(H,21,22,23,24)/t14-,16?/m0/s1. The summed E-state index contributed by atoms with van der Waals surface area (Å²) in [4.78, 5) is 16.5. The second-order valence-corrected chi connectivity index (χ2v) is 7.30. The molecule has 2 atom stereocenters. The highest BCUT2D eigenvalue weighted by atomic mass is 16.4. The van der Waals surface area contributed by atoms with Crippen LogP contribution in [0.5, 0.6) is 0 Å². The van der Waals surface area contributed by atoms with Gasteiger partial charge in [0.15, 0.2) is 5.82 Å². The van der Waals surface area contributed by atoms with Gasteiger partial charge in [0.1, 0.15) is 0 Å². The Morgan fingerprint density at radius 1 is 1.31 bits per heavy atom. The lowest BCUT2D eigenvalue weighted by atomic mass is 9.79. The fraction of sp³-hybridized carbons (Fsp3) is 0.611. The molecule has 0 saturated carbocycles. The first-order chi connectivity index (χ1) is 12.6. The molecule has 140 valence electrons. The summed E-state index contributed by atoms with van der Waals surface area (Å²) < 4.78 is 0. The van der Waals surface area contributed by atoms with Gasteiger partial charge in [-0.1, -0.05) is 25.1 Å². The third kappa shape index (κ3) is 4.24. The van der Waals surface area contributed by atoms with E-state index in [-0.39, 0.29) is 11.8 Å². The molecule has 3 heterocycles. The lowest BCUT2D eigenvalue weighted by Crippen LogP contribution is -2.29. The number of aliphatic carboxylic acids is 1. The van der Waals surface area contributed by atoms with Gasteiger partial charge < -0.3 is 10.4 Å². The van der Waals surface area contributed by atoms with Crippen LogP contribution in [0, 0.1) is 11.8 Å². The Bertz CT molecular complexity index is 695. The third-order valence-electron chi connectivity index (χ3n) is 5.19. The molecule has 1 unspecified atom stereocenters. The van der Waals surface area contributed by atoms with Crippen molar-refractivity contribution in [2.24, 2.45) is 11.8 Å². The zero-order valence-corrected chi connectivity index (χ0v) is 15.2. The largest absolute Gasteiger partial charge is 0.481 e. The SMILES string of the molecule is CC(C)C(C(=O)O)[C@H](Cc1ccc(C2CCNCC2)nc1)c1nn[nH]n1. The van der Waals surface area contributed by atoms with Crippen molar-refractivity contribution in [3.63, 3.8) is 0 Å². The highest BCUT2D eigenvalue weighted by Gasteiger charge is 2.35. The molecule has 8 heteroatoms. The van der Waals surface area contributed by atoms with E-state index in [1.807, 2.05) is 20.0 Å². The van der Waals surface area contributed by atoms with E-state index in [4.69, 9.17) is 0 Å². The summed E-state index contributed by atoms with van der Waals surface area (Å²) in [6.07, 6.45) is 4.59. The monoisotopic (exact) mass is 358 g/mol. The maximum Gasteiger partial charge on any atom is 0.307 e. The van der Waals surface area contributed by atoms with Gasteiger partial charge in [0.25, 0.3) is 0 Å². The van der Waals surface area contributed by atoms with Crippen LogP contribution in [0.15, 0.2) is 18.3 Å². The van der Waals surface area contributed by atoms with E-state index in [0.29, 0.717) is 18.2 Å². The average Bonchev–Trinajstić information content (AvgIpc) is 3.16. The van der Waals surface area contributed by atoms with Crippen molar-refractivity contribution in [3.05, 3.63) is 35.4 Å². The normalized spacial score (nSPS) is 18.0. The summed E-state index contributed by atoms with van der Waals surface area (Å²) in [5, 5.41) is 27.2. The van der Waals surface area contributed by atoms with Crippen molar-refractivity contribution in [2.45, 2.75) is 44.9 Å². The van der Waals surface area contributed by atoms with Gasteiger partial charge in [-0.3, -0.25) is 9.78 Å². The lowest BCUT2D eigenvalue weighted by molar-refractivity contribution is -0.144. The summed E-state index contributed by atoms with van der Waals surface area (Å²) >= 11 is 0. The predicted octanol–water partition coefficient (Wildman–Crippen LogP) is 1.74. The second-order valence-electron chi connectivity index (χ2n) is 7.30. The van der Waals surface area contributed by atoms with E-state index in [1.165, 1.54) is 0 Å². The van der Waals surface area contributed by atoms with E-state index in [0.717, 1.165) is 37.2 Å². The van der Waals surface area contributed by atoms with Gasteiger partial charge in [-0.25, -0.2) is 0 Å². The first kappa shape index (κ1) is 18.4. The number of hydrogen-bond acceptors (Lipinski definition) is 6. The van der Waals surface area contributed by atoms with E-state index >= 15 is 0 Å². The Labute approximate surface area is 152 Å². The molecule has 2 aromatic heterocycles. The van der Waals surface area contributed by atoms with Crippen LogP contribution in [0.4, 0.5) is 0 Å². The number of carbonyl (C=O) groups is 1. The fourth-order valence-corrected chi connectivity index (χ4v) is 3.80. The van der Waals surface area contributed by atoms with E-state index < -0.39 is 11.9 Å². The van der Waals surface area contributed by atoms with Crippen LogP contribution < -0.4 is 5.32 Å². The zero-order chi connectivity index (χ0) is 18.5. The minimum Gasteiger partial charge on any atom is -0.481 e. The summed E-state index contributed by atoms with van der Waals surface area (Å²) in [5.41, 5.74) is 2.11. The summed E-state index contributed by atoms with van der Waals surface area (Å²) in [7, 11) is 0. The molecular weight excluding hydrogens is 332 g/mol. The quantitative estimate of drug-likeness (QED) is 0.690. The van der Waals surface area contributed by atoms with Crippen LogP contribution in [-0.2, 0) is 11.2 Å². The molecule has 0 spiro atoms. The number of carboxylic acid groups (broad SMARTS) is 1. The van der Waals surface area contributed by atoms with Gasteiger partial charge in [0.05, 0.1) is 5.92 Å². The summed E-state index contributed by atoms with van der Waals surface area (Å²) in [5.74, 6) is -0.879. The fourth-order valence-electron chi connectivity index (χ4n) is 3.80. The number of rotatable bonds is 7. The highest BCUT2D eigenvalue weighted by Crippen LogP contribution is 2.32. The maximum atomic E-state index is 11.8. The number of carboxylic acids is 1. The number of H-pyrrole nitrogens is 1. The molecule has 2 aromatic rings. The third-order valence-corrected chi connectivity index (χ3v) is 5.19. The van der Waals surface area contributed by atoms with E-state index in [1.54, 1.807) is 0 Å². The van der Waals surface area contributed by atoms with Gasteiger partial charge in [0, 0.05) is 23.7 Å². The molecule has 0 radical (unpaired) electrons. The van der Waals surface area contributed by atoms with Crippen LogP contribution in [0.2, 0.25) is 0 Å². The first-order valence-electron chi connectivity index (χ1n) is 9.18. The number of hydrogen-bond donors (Lipinski definition) is 3. The number of pyridine rings is 1. The smallest absolute Gasteiger partial charge is 0.307 e. The molecule has 3 rings (SSSR count). The van der Waals surface area contributed by atoms with Crippen LogP contribution in [0.25, 0.3) is 0 Å². The molecule has 0 aromatic carbocycles. The molecule has 0 amide bonds. The van der Waals surface area contributed by atoms with Crippen LogP contribution in [-0.4, -0.2) is 49.8 Å². The molecule has 1 aliphatic rings. The summed E-state index contributed by atoms with van der Waals surface area (Å²) in [6, 6.07) is 4.13. The summed E-state index contributed by atoms with van der Waals surface area (Å²) in [6.45, 7) is 5.88. The predicted molar refractivity (Wildman–Crippen MR) is 95.7 cm³/mol. The first-order valence-corrected chi connectivity index (χ1v) is 9.18. The molecule has 0 bridgehead atoms. The molecule has 1 fully saturated rings. The van der Waals surface area contributed by atoms with Crippen molar-refractivity contribution in [1.29, 1.82) is 0 Å². The van der Waals surface area contributed by atoms with Gasteiger partial charge in [-0.05, 0) is 49.9 Å². The Kier molecular flexibility index (Phi) is 5.92. The zero-order valence-electron chi connectivity index (χ0n) is 15.2. The number of piperidine rings is 1. The maximum absolute atomic E-state index is 11.8. The van der Waals surface area contributed by atoms with Crippen molar-refractivity contribution in [2.75, 3.05) is 13.1 Å². The second kappa shape index (κ2) is 8.35.